The maximum atomic E-state index is 11.3. The highest BCUT2D eigenvalue weighted by Crippen LogP contribution is 2.25. The third kappa shape index (κ3) is 2.99. The molecule has 0 saturated carbocycles. The SMILES string of the molecule is CCN1CCC(N2CCCCC2C(=O)O)CC1. The van der Waals surface area contributed by atoms with Crippen LogP contribution in [0.5, 0.6) is 0 Å². The highest BCUT2D eigenvalue weighted by molar-refractivity contribution is 5.73. The zero-order valence-corrected chi connectivity index (χ0v) is 10.8. The Morgan fingerprint density at radius 3 is 2.47 bits per heavy atom. The van der Waals surface area contributed by atoms with Gasteiger partial charge in [0.1, 0.15) is 6.04 Å². The van der Waals surface area contributed by atoms with Gasteiger partial charge < -0.3 is 10.0 Å². The zero-order valence-electron chi connectivity index (χ0n) is 10.8. The van der Waals surface area contributed by atoms with Crippen LogP contribution in [-0.4, -0.2) is 59.1 Å². The molecule has 4 nitrogen and oxygen atoms in total. The molecule has 2 fully saturated rings. The van der Waals surface area contributed by atoms with Crippen molar-refractivity contribution >= 4 is 5.97 Å². The third-order valence-electron chi connectivity index (χ3n) is 4.30. The molecular weight excluding hydrogens is 216 g/mol. The van der Waals surface area contributed by atoms with Crippen LogP contribution in [-0.2, 0) is 4.79 Å². The van der Waals surface area contributed by atoms with Gasteiger partial charge in [-0.25, -0.2) is 0 Å². The van der Waals surface area contributed by atoms with Crippen LogP contribution in [0, 0.1) is 0 Å². The molecule has 17 heavy (non-hydrogen) atoms. The highest BCUT2D eigenvalue weighted by atomic mass is 16.4. The van der Waals surface area contributed by atoms with E-state index in [4.69, 9.17) is 0 Å². The standard InChI is InChI=1S/C13H24N2O2/c1-2-14-9-6-11(7-10-14)15-8-4-3-5-12(15)13(16)17/h11-12H,2-10H2,1H3,(H,16,17). The van der Waals surface area contributed by atoms with Gasteiger partial charge in [0.15, 0.2) is 0 Å². The molecule has 4 heteroatoms. The number of aliphatic carboxylic acids is 1. The summed E-state index contributed by atoms with van der Waals surface area (Å²) in [7, 11) is 0. The van der Waals surface area contributed by atoms with E-state index in [2.05, 4.69) is 16.7 Å². The molecule has 1 unspecified atom stereocenters. The fourth-order valence-corrected chi connectivity index (χ4v) is 3.22. The first-order valence-corrected chi connectivity index (χ1v) is 6.93. The molecule has 0 aromatic carbocycles. The van der Waals surface area contributed by atoms with Crippen LogP contribution in [0.4, 0.5) is 0 Å². The van der Waals surface area contributed by atoms with Crippen molar-refractivity contribution in [2.75, 3.05) is 26.2 Å². The van der Waals surface area contributed by atoms with E-state index >= 15 is 0 Å². The summed E-state index contributed by atoms with van der Waals surface area (Å²) in [6.45, 7) is 6.55. The van der Waals surface area contributed by atoms with Gasteiger partial charge >= 0.3 is 5.97 Å². The molecule has 2 saturated heterocycles. The predicted octanol–water partition coefficient (Wildman–Crippen LogP) is 1.41. The van der Waals surface area contributed by atoms with Gasteiger partial charge in [-0.15, -0.1) is 0 Å². The molecule has 98 valence electrons. The summed E-state index contributed by atoms with van der Waals surface area (Å²) < 4.78 is 0. The van der Waals surface area contributed by atoms with Crippen molar-refractivity contribution in [1.29, 1.82) is 0 Å². The molecule has 0 aliphatic carbocycles. The molecule has 0 bridgehead atoms. The Bertz CT molecular complexity index is 262. The average molecular weight is 240 g/mol. The number of carbonyl (C=O) groups is 1. The largest absolute Gasteiger partial charge is 0.480 e. The summed E-state index contributed by atoms with van der Waals surface area (Å²) in [5, 5.41) is 9.29. The Balaban J connectivity index is 1.93. The van der Waals surface area contributed by atoms with Gasteiger partial charge in [0.05, 0.1) is 0 Å². The fraction of sp³-hybridized carbons (Fsp3) is 0.923. The van der Waals surface area contributed by atoms with E-state index in [1.54, 1.807) is 0 Å². The average Bonchev–Trinajstić information content (AvgIpc) is 2.39. The van der Waals surface area contributed by atoms with E-state index in [1.165, 1.54) is 0 Å². The maximum Gasteiger partial charge on any atom is 0.320 e. The van der Waals surface area contributed by atoms with E-state index in [-0.39, 0.29) is 6.04 Å². The lowest BCUT2D eigenvalue weighted by Crippen LogP contribution is -2.53. The van der Waals surface area contributed by atoms with Gasteiger partial charge in [0.25, 0.3) is 0 Å². The summed E-state index contributed by atoms with van der Waals surface area (Å²) >= 11 is 0. The second kappa shape index (κ2) is 5.83. The zero-order chi connectivity index (χ0) is 12.3. The van der Waals surface area contributed by atoms with E-state index in [9.17, 15) is 9.90 Å². The molecule has 0 aromatic rings. The highest BCUT2D eigenvalue weighted by Gasteiger charge is 2.34. The monoisotopic (exact) mass is 240 g/mol. The van der Waals surface area contributed by atoms with Gasteiger partial charge in [-0.05, 0) is 51.9 Å². The Labute approximate surface area is 104 Å². The molecule has 2 heterocycles. The number of carboxylic acid groups (broad SMARTS) is 1. The van der Waals surface area contributed by atoms with E-state index in [0.29, 0.717) is 6.04 Å². The van der Waals surface area contributed by atoms with Crippen LogP contribution < -0.4 is 0 Å². The molecule has 2 aliphatic rings. The molecule has 0 aromatic heterocycles. The fourth-order valence-electron chi connectivity index (χ4n) is 3.22. The Morgan fingerprint density at radius 1 is 1.18 bits per heavy atom. The number of hydrogen-bond donors (Lipinski definition) is 1. The van der Waals surface area contributed by atoms with Crippen molar-refractivity contribution in [1.82, 2.24) is 9.80 Å². The minimum Gasteiger partial charge on any atom is -0.480 e. The Kier molecular flexibility index (Phi) is 4.40. The smallest absolute Gasteiger partial charge is 0.320 e. The summed E-state index contributed by atoms with van der Waals surface area (Å²) in [4.78, 5) is 16.0. The van der Waals surface area contributed by atoms with Gasteiger partial charge in [-0.1, -0.05) is 13.3 Å². The summed E-state index contributed by atoms with van der Waals surface area (Å²) in [5.41, 5.74) is 0. The summed E-state index contributed by atoms with van der Waals surface area (Å²) in [5.74, 6) is -0.623. The number of likely N-dealkylation sites (tertiary alicyclic amines) is 2. The normalized spacial score (nSPS) is 29.4. The van der Waals surface area contributed by atoms with Crippen molar-refractivity contribution in [3.63, 3.8) is 0 Å². The van der Waals surface area contributed by atoms with Crippen LogP contribution in [0.2, 0.25) is 0 Å². The van der Waals surface area contributed by atoms with Crippen molar-refractivity contribution in [2.24, 2.45) is 0 Å². The number of hydrogen-bond acceptors (Lipinski definition) is 3. The van der Waals surface area contributed by atoms with Crippen LogP contribution in [0.1, 0.15) is 39.0 Å². The van der Waals surface area contributed by atoms with Crippen molar-refractivity contribution in [3.05, 3.63) is 0 Å². The molecular formula is C13H24N2O2. The van der Waals surface area contributed by atoms with Crippen LogP contribution in [0.3, 0.4) is 0 Å². The number of nitrogens with zero attached hydrogens (tertiary/aromatic N) is 2. The first-order chi connectivity index (χ1) is 8.22. The maximum absolute atomic E-state index is 11.3. The number of rotatable bonds is 3. The van der Waals surface area contributed by atoms with Crippen molar-refractivity contribution < 1.29 is 9.90 Å². The molecule has 1 N–H and O–H groups in total. The Morgan fingerprint density at radius 2 is 1.88 bits per heavy atom. The minimum atomic E-state index is -0.623. The van der Waals surface area contributed by atoms with Gasteiger partial charge in [-0.3, -0.25) is 9.69 Å². The number of carboxylic acids is 1. The topological polar surface area (TPSA) is 43.8 Å². The van der Waals surface area contributed by atoms with Gasteiger partial charge in [0.2, 0.25) is 0 Å². The van der Waals surface area contributed by atoms with E-state index < -0.39 is 5.97 Å². The second-order valence-electron chi connectivity index (χ2n) is 5.25. The summed E-state index contributed by atoms with van der Waals surface area (Å²) in [6, 6.07) is 0.279. The van der Waals surface area contributed by atoms with Crippen LogP contribution in [0.15, 0.2) is 0 Å². The quantitative estimate of drug-likeness (QED) is 0.810. The first-order valence-electron chi connectivity index (χ1n) is 6.93. The third-order valence-corrected chi connectivity index (χ3v) is 4.30. The molecule has 0 radical (unpaired) electrons. The second-order valence-corrected chi connectivity index (χ2v) is 5.25. The molecule has 2 aliphatic heterocycles. The molecule has 1 atom stereocenters. The summed E-state index contributed by atoms with van der Waals surface area (Å²) in [6.07, 6.45) is 5.34. The van der Waals surface area contributed by atoms with E-state index in [1.807, 2.05) is 0 Å². The lowest BCUT2D eigenvalue weighted by atomic mass is 9.95. The molecule has 0 spiro atoms. The van der Waals surface area contributed by atoms with Crippen LogP contribution >= 0.6 is 0 Å². The number of piperidine rings is 2. The van der Waals surface area contributed by atoms with Crippen molar-refractivity contribution in [2.45, 2.75) is 51.1 Å². The van der Waals surface area contributed by atoms with Crippen molar-refractivity contribution in [3.8, 4) is 0 Å². The lowest BCUT2D eigenvalue weighted by molar-refractivity contribution is -0.146. The van der Waals surface area contributed by atoms with Gasteiger partial charge in [0, 0.05) is 6.04 Å². The lowest BCUT2D eigenvalue weighted by Gasteiger charge is -2.43. The van der Waals surface area contributed by atoms with Gasteiger partial charge in [-0.2, -0.15) is 0 Å². The Hall–Kier alpha value is -0.610. The first kappa shape index (κ1) is 12.8. The predicted molar refractivity (Wildman–Crippen MR) is 67.1 cm³/mol. The van der Waals surface area contributed by atoms with Crippen LogP contribution in [0.25, 0.3) is 0 Å². The molecule has 0 amide bonds. The van der Waals surface area contributed by atoms with E-state index in [0.717, 1.165) is 58.3 Å². The molecule has 2 rings (SSSR count). The minimum absolute atomic E-state index is 0.220.